The van der Waals surface area contributed by atoms with Crippen molar-refractivity contribution >= 4 is 11.9 Å². The molecule has 0 fully saturated rings. The van der Waals surface area contributed by atoms with Gasteiger partial charge in [0.15, 0.2) is 0 Å². The van der Waals surface area contributed by atoms with Crippen LogP contribution in [-0.4, -0.2) is 47.4 Å². The van der Waals surface area contributed by atoms with E-state index in [1.165, 1.54) is 392 Å². The average Bonchev–Trinajstić information content (AvgIpc) is 3.57. The fraction of sp³-hybridized carbons (Fsp3) is 0.904. The molecule has 6 nitrogen and oxygen atoms in total. The maximum absolute atomic E-state index is 12.5. The summed E-state index contributed by atoms with van der Waals surface area (Å²) in [6, 6.07) is -0.627. The molecule has 0 rings (SSSR count). The van der Waals surface area contributed by atoms with Crippen LogP contribution in [0.3, 0.4) is 0 Å². The number of aliphatic hydroxyl groups excluding tert-OH is 2. The van der Waals surface area contributed by atoms with Gasteiger partial charge in [0.2, 0.25) is 5.91 Å². The number of nitrogens with one attached hydrogen (secondary N) is 1. The molecule has 0 saturated heterocycles. The van der Waals surface area contributed by atoms with Crippen molar-refractivity contribution in [2.24, 2.45) is 0 Å². The first-order chi connectivity index (χ1) is 44.0. The van der Waals surface area contributed by atoms with Gasteiger partial charge in [0.25, 0.3) is 0 Å². The van der Waals surface area contributed by atoms with Crippen LogP contribution in [0, 0.1) is 0 Å². The van der Waals surface area contributed by atoms with Gasteiger partial charge >= 0.3 is 5.97 Å². The van der Waals surface area contributed by atoms with E-state index in [9.17, 15) is 19.8 Å². The van der Waals surface area contributed by atoms with Crippen LogP contribution in [0.4, 0.5) is 0 Å². The Morgan fingerprint density at radius 1 is 0.303 bits per heavy atom. The minimum atomic E-state index is -0.843. The Kier molecular flexibility index (Phi) is 76.8. The van der Waals surface area contributed by atoms with Crippen molar-refractivity contribution in [3.05, 3.63) is 36.5 Å². The predicted octanol–water partition coefficient (Wildman–Crippen LogP) is 27.0. The average molecular weight is 1250 g/mol. The zero-order valence-electron chi connectivity index (χ0n) is 60.4. The van der Waals surface area contributed by atoms with E-state index in [2.05, 4.69) is 43.5 Å². The van der Waals surface area contributed by atoms with Gasteiger partial charge in [-0.2, -0.15) is 0 Å². The van der Waals surface area contributed by atoms with Crippen molar-refractivity contribution < 1.29 is 24.5 Å². The third-order valence-electron chi connectivity index (χ3n) is 19.1. The molecule has 0 aromatic heterocycles. The summed E-state index contributed by atoms with van der Waals surface area (Å²) >= 11 is 0. The highest BCUT2D eigenvalue weighted by atomic mass is 16.5. The van der Waals surface area contributed by atoms with Gasteiger partial charge in [-0.1, -0.05) is 397 Å². The van der Waals surface area contributed by atoms with E-state index < -0.39 is 12.1 Å². The number of carbonyl (C=O) groups is 2. The fourth-order valence-corrected chi connectivity index (χ4v) is 12.9. The van der Waals surface area contributed by atoms with Gasteiger partial charge in [-0.05, 0) is 83.5 Å². The van der Waals surface area contributed by atoms with Gasteiger partial charge < -0.3 is 20.3 Å². The van der Waals surface area contributed by atoms with Crippen LogP contribution in [0.15, 0.2) is 36.5 Å². The minimum absolute atomic E-state index is 0.0189. The molecule has 3 N–H and O–H groups in total. The molecule has 0 radical (unpaired) electrons. The van der Waals surface area contributed by atoms with Crippen molar-refractivity contribution in [2.75, 3.05) is 13.2 Å². The Morgan fingerprint density at radius 2 is 0.528 bits per heavy atom. The number of aliphatic hydroxyl groups is 2. The number of rotatable bonds is 77. The molecule has 0 bridgehead atoms. The molecule has 0 heterocycles. The lowest BCUT2D eigenvalue weighted by Gasteiger charge is -2.20. The monoisotopic (exact) mass is 1250 g/mol. The van der Waals surface area contributed by atoms with Crippen molar-refractivity contribution in [2.45, 2.75) is 469 Å². The molecule has 0 aromatic rings. The molecule has 2 atom stereocenters. The van der Waals surface area contributed by atoms with Crippen molar-refractivity contribution in [3.8, 4) is 0 Å². The third kappa shape index (κ3) is 75.0. The van der Waals surface area contributed by atoms with Crippen LogP contribution in [0.5, 0.6) is 0 Å². The molecule has 0 aliphatic rings. The summed E-state index contributed by atoms with van der Waals surface area (Å²) in [5, 5.41) is 23.3. The van der Waals surface area contributed by atoms with Gasteiger partial charge in [0.1, 0.15) is 0 Å². The number of amides is 1. The molecular formula is C83H159NO5. The molecule has 1 amide bonds. The van der Waals surface area contributed by atoms with Gasteiger partial charge in [-0.3, -0.25) is 9.59 Å². The Bertz CT molecular complexity index is 1440. The lowest BCUT2D eigenvalue weighted by atomic mass is 10.0. The summed E-state index contributed by atoms with van der Waals surface area (Å²) in [7, 11) is 0. The highest BCUT2D eigenvalue weighted by Gasteiger charge is 2.18. The van der Waals surface area contributed by atoms with Crippen molar-refractivity contribution in [1.29, 1.82) is 0 Å². The van der Waals surface area contributed by atoms with E-state index in [0.717, 1.165) is 38.5 Å². The number of hydrogen-bond acceptors (Lipinski definition) is 5. The predicted molar refractivity (Wildman–Crippen MR) is 393 cm³/mol. The summed E-state index contributed by atoms with van der Waals surface area (Å²) in [5.41, 5.74) is 0. The van der Waals surface area contributed by atoms with Crippen LogP contribution in [0.25, 0.3) is 0 Å². The Hall–Kier alpha value is -1.92. The van der Waals surface area contributed by atoms with E-state index >= 15 is 0 Å². The summed E-state index contributed by atoms with van der Waals surface area (Å²) in [5.74, 6) is -0.0416. The number of ether oxygens (including phenoxy) is 1. The maximum atomic E-state index is 12.5. The molecular weight excluding hydrogens is 1090 g/mol. The lowest BCUT2D eigenvalue weighted by molar-refractivity contribution is -0.143. The SMILES string of the molecule is CCCCCCCC/C=C\CCCCCCCCCCCC(=O)OCCCCCCCCCCCCCC/C=C\CCCCCCCCCCCCCCCCCCCC(=O)NC(CO)C(O)/C=C/CCCCCCCCCCCCCCCCCCCC. The molecule has 0 aliphatic carbocycles. The summed E-state index contributed by atoms with van der Waals surface area (Å²) in [4.78, 5) is 24.7. The number of esters is 1. The van der Waals surface area contributed by atoms with Crippen LogP contribution in [0.2, 0.25) is 0 Å². The fourth-order valence-electron chi connectivity index (χ4n) is 12.9. The van der Waals surface area contributed by atoms with Crippen LogP contribution < -0.4 is 5.32 Å². The minimum Gasteiger partial charge on any atom is -0.466 e. The zero-order valence-corrected chi connectivity index (χ0v) is 60.4. The Balaban J connectivity index is 3.36. The van der Waals surface area contributed by atoms with Gasteiger partial charge in [0, 0.05) is 12.8 Å². The quantitative estimate of drug-likeness (QED) is 0.0320. The maximum Gasteiger partial charge on any atom is 0.305 e. The van der Waals surface area contributed by atoms with Gasteiger partial charge in [-0.15, -0.1) is 0 Å². The van der Waals surface area contributed by atoms with Gasteiger partial charge in [-0.25, -0.2) is 0 Å². The van der Waals surface area contributed by atoms with Crippen molar-refractivity contribution in [3.63, 3.8) is 0 Å². The van der Waals surface area contributed by atoms with E-state index in [-0.39, 0.29) is 18.5 Å². The van der Waals surface area contributed by atoms with Gasteiger partial charge in [0.05, 0.1) is 25.4 Å². The first kappa shape index (κ1) is 87.1. The van der Waals surface area contributed by atoms with Crippen LogP contribution in [0.1, 0.15) is 457 Å². The second-order valence-corrected chi connectivity index (χ2v) is 28.1. The van der Waals surface area contributed by atoms with E-state index in [0.29, 0.717) is 19.4 Å². The standard InChI is InChI=1S/C83H159NO5/c1-3-5-7-9-11-13-15-17-19-21-23-40-43-47-51-55-59-63-67-71-75-81(86)80(79-85)84-82(87)76-72-68-64-60-56-52-48-44-41-37-35-33-31-29-27-25-24-26-28-30-32-34-36-38-42-46-50-54-58-62-66-70-74-78-89-83(88)77-73-69-65-61-57-53-49-45-39-22-20-18-16-14-12-10-8-6-4-2/h18,20,28,30,71,75,80-81,85-86H,3-17,19,21-27,29,31-70,72-74,76-79H2,1-2H3,(H,84,87)/b20-18-,30-28-,75-71+. The number of carbonyl (C=O) groups excluding carboxylic acids is 2. The van der Waals surface area contributed by atoms with Crippen LogP contribution >= 0.6 is 0 Å². The summed E-state index contributed by atoms with van der Waals surface area (Å²) < 4.78 is 5.52. The molecule has 0 aliphatic heterocycles. The smallest absolute Gasteiger partial charge is 0.305 e. The molecule has 0 aromatic carbocycles. The Labute approximate surface area is 557 Å². The first-order valence-corrected chi connectivity index (χ1v) is 40.8. The van der Waals surface area contributed by atoms with E-state index in [1.807, 2.05) is 6.08 Å². The molecule has 6 heteroatoms. The zero-order chi connectivity index (χ0) is 64.2. The molecule has 0 spiro atoms. The van der Waals surface area contributed by atoms with Crippen LogP contribution in [-0.2, 0) is 14.3 Å². The second-order valence-electron chi connectivity index (χ2n) is 28.1. The van der Waals surface area contributed by atoms with E-state index in [1.54, 1.807) is 6.08 Å². The highest BCUT2D eigenvalue weighted by Crippen LogP contribution is 2.20. The second kappa shape index (κ2) is 78.5. The van der Waals surface area contributed by atoms with E-state index in [4.69, 9.17) is 4.74 Å². The Morgan fingerprint density at radius 3 is 0.798 bits per heavy atom. The normalized spacial score (nSPS) is 12.6. The molecule has 0 saturated carbocycles. The third-order valence-corrected chi connectivity index (χ3v) is 19.1. The number of hydrogen-bond donors (Lipinski definition) is 3. The lowest BCUT2D eigenvalue weighted by Crippen LogP contribution is -2.45. The number of allylic oxidation sites excluding steroid dienone is 5. The summed E-state index contributed by atoms with van der Waals surface area (Å²) in [6.07, 6.45) is 103. The highest BCUT2D eigenvalue weighted by molar-refractivity contribution is 5.76. The molecule has 526 valence electrons. The van der Waals surface area contributed by atoms with Crippen molar-refractivity contribution in [1.82, 2.24) is 5.32 Å². The summed E-state index contributed by atoms with van der Waals surface area (Å²) in [6.45, 7) is 4.95. The topological polar surface area (TPSA) is 95.9 Å². The largest absolute Gasteiger partial charge is 0.466 e. The number of unbranched alkanes of at least 4 members (excludes halogenated alkanes) is 62. The molecule has 2 unspecified atom stereocenters. The molecule has 89 heavy (non-hydrogen) atoms. The first-order valence-electron chi connectivity index (χ1n) is 40.8.